The van der Waals surface area contributed by atoms with Gasteiger partial charge in [0.05, 0.1) is 31.6 Å². The second kappa shape index (κ2) is 8.66. The van der Waals surface area contributed by atoms with Gasteiger partial charge in [0.15, 0.2) is 17.3 Å². The molecule has 1 aliphatic heterocycles. The van der Waals surface area contributed by atoms with Crippen LogP contribution in [0.5, 0.6) is 11.5 Å². The van der Waals surface area contributed by atoms with Crippen molar-refractivity contribution in [3.63, 3.8) is 0 Å². The highest BCUT2D eigenvalue weighted by atomic mass is 16.5. The first-order valence-corrected chi connectivity index (χ1v) is 11.2. The molecular formula is C28H28N2O3. The van der Waals surface area contributed by atoms with Gasteiger partial charge in [-0.25, -0.2) is 0 Å². The maximum Gasteiger partial charge on any atom is 0.163 e. The molecule has 5 rings (SSSR count). The summed E-state index contributed by atoms with van der Waals surface area (Å²) in [6, 6.07) is 22.2. The monoisotopic (exact) mass is 440 g/mol. The van der Waals surface area contributed by atoms with Crippen LogP contribution >= 0.6 is 0 Å². The normalized spacial score (nSPS) is 19.5. The predicted molar refractivity (Wildman–Crippen MR) is 131 cm³/mol. The minimum atomic E-state index is -0.289. The number of fused-ring (bicyclic) bond motifs is 1. The van der Waals surface area contributed by atoms with E-state index < -0.39 is 0 Å². The van der Waals surface area contributed by atoms with E-state index in [4.69, 9.17) is 9.47 Å². The van der Waals surface area contributed by atoms with Crippen LogP contribution < -0.4 is 20.1 Å². The molecule has 0 unspecified atom stereocenters. The number of methoxy groups -OCH3 is 2. The molecule has 2 atom stereocenters. The van der Waals surface area contributed by atoms with Crippen molar-refractivity contribution in [1.29, 1.82) is 0 Å². The number of benzene rings is 3. The highest BCUT2D eigenvalue weighted by Gasteiger charge is 2.36. The zero-order chi connectivity index (χ0) is 22.9. The molecular weight excluding hydrogens is 412 g/mol. The maximum atomic E-state index is 13.7. The Morgan fingerprint density at radius 1 is 0.818 bits per heavy atom. The number of hydrogen-bond acceptors (Lipinski definition) is 5. The molecule has 1 heterocycles. The molecule has 3 aromatic carbocycles. The van der Waals surface area contributed by atoms with E-state index in [0.717, 1.165) is 34.6 Å². The number of Topliss-reactive ketones (excluding diaryl/α,β-unsaturated/α-hetero) is 1. The third-order valence-electron chi connectivity index (χ3n) is 6.60. The number of allylic oxidation sites excluding steroid dienone is 1. The molecule has 168 valence electrons. The van der Waals surface area contributed by atoms with Crippen LogP contribution in [-0.4, -0.2) is 20.0 Å². The van der Waals surface area contributed by atoms with E-state index in [-0.39, 0.29) is 17.7 Å². The number of ether oxygens (including phenoxy) is 2. The summed E-state index contributed by atoms with van der Waals surface area (Å²) in [5.41, 5.74) is 7.10. The lowest BCUT2D eigenvalue weighted by Gasteiger charge is -2.30. The topological polar surface area (TPSA) is 59.6 Å². The van der Waals surface area contributed by atoms with Gasteiger partial charge in [-0.3, -0.25) is 4.79 Å². The van der Waals surface area contributed by atoms with Gasteiger partial charge in [0.1, 0.15) is 0 Å². The van der Waals surface area contributed by atoms with Crippen molar-refractivity contribution in [2.75, 3.05) is 24.9 Å². The van der Waals surface area contributed by atoms with Crippen LogP contribution in [-0.2, 0) is 4.79 Å². The average Bonchev–Trinajstić information content (AvgIpc) is 3.01. The first-order valence-electron chi connectivity index (χ1n) is 11.2. The minimum Gasteiger partial charge on any atom is -0.493 e. The Bertz CT molecular complexity index is 1230. The van der Waals surface area contributed by atoms with Gasteiger partial charge in [-0.2, -0.15) is 0 Å². The van der Waals surface area contributed by atoms with Gasteiger partial charge in [0.25, 0.3) is 0 Å². The number of carbonyl (C=O) groups is 1. The molecule has 5 heteroatoms. The van der Waals surface area contributed by atoms with E-state index in [1.54, 1.807) is 14.2 Å². The number of aryl methyl sites for hydroxylation is 1. The predicted octanol–water partition coefficient (Wildman–Crippen LogP) is 5.99. The Balaban J connectivity index is 1.61. The third kappa shape index (κ3) is 3.95. The van der Waals surface area contributed by atoms with Gasteiger partial charge >= 0.3 is 0 Å². The Morgan fingerprint density at radius 3 is 2.24 bits per heavy atom. The lowest BCUT2D eigenvalue weighted by Crippen LogP contribution is -2.26. The zero-order valence-electron chi connectivity index (χ0n) is 19.1. The highest BCUT2D eigenvalue weighted by molar-refractivity contribution is 6.01. The Morgan fingerprint density at radius 2 is 1.52 bits per heavy atom. The van der Waals surface area contributed by atoms with Crippen LogP contribution in [0.1, 0.15) is 41.5 Å². The highest BCUT2D eigenvalue weighted by Crippen LogP contribution is 2.45. The zero-order valence-corrected chi connectivity index (χ0v) is 19.1. The van der Waals surface area contributed by atoms with Crippen molar-refractivity contribution in [2.45, 2.75) is 31.7 Å². The fourth-order valence-corrected chi connectivity index (χ4v) is 4.85. The standard InChI is InChI=1S/C28H28N2O3/c1-17-8-10-18(11-9-17)20-14-23-27(24(31)15-20)28(30-22-7-5-4-6-21(22)29-23)19-12-13-25(32-2)26(16-19)33-3/h4-13,16,20,28-30H,14-15H2,1-3H3/t20-,28+/m0/s1. The van der Waals surface area contributed by atoms with Crippen molar-refractivity contribution < 1.29 is 14.3 Å². The van der Waals surface area contributed by atoms with E-state index >= 15 is 0 Å². The van der Waals surface area contributed by atoms with Gasteiger partial charge in [0.2, 0.25) is 0 Å². The fraction of sp³-hybridized carbons (Fsp3) is 0.250. The van der Waals surface area contributed by atoms with Crippen LogP contribution in [0.15, 0.2) is 78.0 Å². The molecule has 0 amide bonds. The largest absolute Gasteiger partial charge is 0.493 e. The first-order chi connectivity index (χ1) is 16.1. The summed E-state index contributed by atoms with van der Waals surface area (Å²) < 4.78 is 11.0. The summed E-state index contributed by atoms with van der Waals surface area (Å²) in [7, 11) is 3.25. The number of anilines is 2. The number of hydrogen-bond donors (Lipinski definition) is 2. The summed E-state index contributed by atoms with van der Waals surface area (Å²) in [5.74, 6) is 1.62. The van der Waals surface area contributed by atoms with Gasteiger partial charge in [0, 0.05) is 17.7 Å². The molecule has 2 N–H and O–H groups in total. The third-order valence-corrected chi connectivity index (χ3v) is 6.60. The molecule has 33 heavy (non-hydrogen) atoms. The van der Waals surface area contributed by atoms with Crippen LogP contribution in [0.3, 0.4) is 0 Å². The lowest BCUT2D eigenvalue weighted by atomic mass is 9.78. The van der Waals surface area contributed by atoms with Crippen LogP contribution in [0.4, 0.5) is 11.4 Å². The first kappa shape index (κ1) is 21.1. The number of ketones is 1. The molecule has 0 bridgehead atoms. The molecule has 0 radical (unpaired) electrons. The lowest BCUT2D eigenvalue weighted by molar-refractivity contribution is -0.116. The number of carbonyl (C=O) groups excluding carboxylic acids is 1. The summed E-state index contributed by atoms with van der Waals surface area (Å²) in [4.78, 5) is 13.7. The second-order valence-electron chi connectivity index (χ2n) is 8.69. The van der Waals surface area contributed by atoms with Gasteiger partial charge < -0.3 is 20.1 Å². The van der Waals surface area contributed by atoms with E-state index in [0.29, 0.717) is 17.9 Å². The number of para-hydroxylation sites is 2. The average molecular weight is 441 g/mol. The van der Waals surface area contributed by atoms with Crippen molar-refractivity contribution >= 4 is 17.2 Å². The number of rotatable bonds is 4. The Labute approximate surface area is 194 Å². The molecule has 5 nitrogen and oxygen atoms in total. The maximum absolute atomic E-state index is 13.7. The van der Waals surface area contributed by atoms with Gasteiger partial charge in [-0.05, 0) is 54.7 Å². The van der Waals surface area contributed by atoms with Crippen LogP contribution in [0.2, 0.25) is 0 Å². The van der Waals surface area contributed by atoms with Crippen LogP contribution in [0.25, 0.3) is 0 Å². The Kier molecular flexibility index (Phi) is 5.55. The van der Waals surface area contributed by atoms with Crippen molar-refractivity contribution in [3.8, 4) is 11.5 Å². The van der Waals surface area contributed by atoms with Gasteiger partial charge in [-0.15, -0.1) is 0 Å². The molecule has 0 fully saturated rings. The van der Waals surface area contributed by atoms with Crippen molar-refractivity contribution in [2.24, 2.45) is 0 Å². The molecule has 0 aromatic heterocycles. The van der Waals surface area contributed by atoms with Crippen LogP contribution in [0, 0.1) is 6.92 Å². The van der Waals surface area contributed by atoms with Crippen molar-refractivity contribution in [1.82, 2.24) is 0 Å². The summed E-state index contributed by atoms with van der Waals surface area (Å²) in [6.45, 7) is 2.08. The molecule has 1 aliphatic carbocycles. The fourth-order valence-electron chi connectivity index (χ4n) is 4.85. The van der Waals surface area contributed by atoms with E-state index in [1.807, 2.05) is 42.5 Å². The SMILES string of the molecule is COc1ccc([C@H]2Nc3ccccc3NC3=C2C(=O)C[C@@H](c2ccc(C)cc2)C3)cc1OC. The van der Waals surface area contributed by atoms with E-state index in [2.05, 4.69) is 41.8 Å². The summed E-state index contributed by atoms with van der Waals surface area (Å²) in [5, 5.41) is 7.21. The molecule has 3 aromatic rings. The molecule has 0 saturated heterocycles. The van der Waals surface area contributed by atoms with Gasteiger partial charge in [-0.1, -0.05) is 48.0 Å². The summed E-state index contributed by atoms with van der Waals surface area (Å²) in [6.07, 6.45) is 1.27. The van der Waals surface area contributed by atoms with Crippen molar-refractivity contribution in [3.05, 3.63) is 94.7 Å². The van der Waals surface area contributed by atoms with E-state index in [9.17, 15) is 4.79 Å². The minimum absolute atomic E-state index is 0.153. The molecule has 0 spiro atoms. The number of nitrogens with one attached hydrogen (secondary N) is 2. The van der Waals surface area contributed by atoms with E-state index in [1.165, 1.54) is 11.1 Å². The quantitative estimate of drug-likeness (QED) is 0.522. The molecule has 2 aliphatic rings. The smallest absolute Gasteiger partial charge is 0.163 e. The Hall–Kier alpha value is -3.73. The second-order valence-corrected chi connectivity index (χ2v) is 8.69. The summed E-state index contributed by atoms with van der Waals surface area (Å²) >= 11 is 0. The molecule has 0 saturated carbocycles.